The van der Waals surface area contributed by atoms with Crippen molar-refractivity contribution in [2.45, 2.75) is 13.3 Å². The lowest BCUT2D eigenvalue weighted by Crippen LogP contribution is -2.12. The van der Waals surface area contributed by atoms with Crippen molar-refractivity contribution < 1.29 is 13.9 Å². The quantitative estimate of drug-likeness (QED) is 0.546. The summed E-state index contributed by atoms with van der Waals surface area (Å²) in [6.07, 6.45) is 3.75. The Morgan fingerprint density at radius 2 is 2.19 bits per heavy atom. The van der Waals surface area contributed by atoms with Crippen LogP contribution in [0.2, 0.25) is 0 Å². The summed E-state index contributed by atoms with van der Waals surface area (Å²) in [7, 11) is 0. The van der Waals surface area contributed by atoms with Crippen LogP contribution >= 0.6 is 0 Å². The van der Waals surface area contributed by atoms with Crippen molar-refractivity contribution in [3.63, 3.8) is 0 Å². The van der Waals surface area contributed by atoms with Crippen molar-refractivity contribution in [3.8, 4) is 0 Å². The normalized spacial score (nSPS) is 10.9. The maximum absolute atomic E-state index is 13.2. The summed E-state index contributed by atoms with van der Waals surface area (Å²) in [5.41, 5.74) is 0.419. The molecule has 0 aliphatic heterocycles. The first-order chi connectivity index (χ1) is 7.74. The molecular formula is C13H15FO2. The van der Waals surface area contributed by atoms with Gasteiger partial charge in [0.05, 0.1) is 6.61 Å². The molecule has 86 valence electrons. The molecule has 1 aromatic rings. The number of allylic oxidation sites excluding steroid dienone is 1. The average molecular weight is 222 g/mol. The first kappa shape index (κ1) is 12.6. The lowest BCUT2D eigenvalue weighted by molar-refractivity contribution is -0.122. The first-order valence-corrected chi connectivity index (χ1v) is 5.18. The fourth-order valence-corrected chi connectivity index (χ4v) is 1.24. The van der Waals surface area contributed by atoms with Gasteiger partial charge >= 0.3 is 0 Å². The van der Waals surface area contributed by atoms with E-state index in [-0.39, 0.29) is 24.6 Å². The van der Waals surface area contributed by atoms with E-state index in [0.717, 1.165) is 0 Å². The van der Waals surface area contributed by atoms with Gasteiger partial charge in [0.15, 0.2) is 5.78 Å². The van der Waals surface area contributed by atoms with E-state index in [2.05, 4.69) is 0 Å². The Hall–Kier alpha value is -1.48. The molecule has 0 bridgehead atoms. The molecule has 0 atom stereocenters. The molecule has 1 rings (SSSR count). The molecule has 3 heteroatoms. The molecular weight excluding hydrogens is 207 g/mol. The Morgan fingerprint density at radius 3 is 2.88 bits per heavy atom. The zero-order chi connectivity index (χ0) is 11.8. The highest BCUT2D eigenvalue weighted by Gasteiger charge is 2.07. The van der Waals surface area contributed by atoms with Gasteiger partial charge in [0.2, 0.25) is 0 Å². The van der Waals surface area contributed by atoms with Gasteiger partial charge in [-0.25, -0.2) is 4.39 Å². The molecule has 1 aromatic carbocycles. The standard InChI is InChI=1S/C13H15FO2/c1-2-3-8-16-10-12(15)9-11-6-4-5-7-13(11)14/h2-7H,8-10H2,1H3. The minimum Gasteiger partial charge on any atom is -0.370 e. The van der Waals surface area contributed by atoms with E-state index in [4.69, 9.17) is 4.74 Å². The highest BCUT2D eigenvalue weighted by atomic mass is 19.1. The van der Waals surface area contributed by atoms with Crippen LogP contribution < -0.4 is 0 Å². The summed E-state index contributed by atoms with van der Waals surface area (Å²) in [5, 5.41) is 0. The van der Waals surface area contributed by atoms with E-state index in [9.17, 15) is 9.18 Å². The van der Waals surface area contributed by atoms with Crippen molar-refractivity contribution in [2.24, 2.45) is 0 Å². The molecule has 0 aliphatic carbocycles. The van der Waals surface area contributed by atoms with Crippen molar-refractivity contribution in [3.05, 3.63) is 47.8 Å². The SMILES string of the molecule is CC=CCOCC(=O)Cc1ccccc1F. The van der Waals surface area contributed by atoms with Crippen LogP contribution in [-0.2, 0) is 16.0 Å². The molecule has 0 amide bonds. The number of Topliss-reactive ketones (excluding diaryl/α,β-unsaturated/α-hetero) is 1. The van der Waals surface area contributed by atoms with Crippen LogP contribution in [0, 0.1) is 5.82 Å². The largest absolute Gasteiger partial charge is 0.370 e. The van der Waals surface area contributed by atoms with Crippen LogP contribution in [0.4, 0.5) is 4.39 Å². The molecule has 0 heterocycles. The lowest BCUT2D eigenvalue weighted by atomic mass is 10.1. The number of ether oxygens (including phenoxy) is 1. The third-order valence-corrected chi connectivity index (χ3v) is 2.06. The van der Waals surface area contributed by atoms with Crippen LogP contribution in [0.1, 0.15) is 12.5 Å². The van der Waals surface area contributed by atoms with Gasteiger partial charge in [-0.1, -0.05) is 30.4 Å². The minimum absolute atomic E-state index is 0.0265. The predicted molar refractivity (Wildman–Crippen MR) is 60.7 cm³/mol. The molecule has 0 unspecified atom stereocenters. The Labute approximate surface area is 94.7 Å². The summed E-state index contributed by atoms with van der Waals surface area (Å²) in [6.45, 7) is 2.32. The van der Waals surface area contributed by atoms with Gasteiger partial charge in [-0.3, -0.25) is 4.79 Å². The molecule has 0 N–H and O–H groups in total. The van der Waals surface area contributed by atoms with E-state index in [1.807, 2.05) is 19.1 Å². The second kappa shape index (κ2) is 6.90. The maximum Gasteiger partial charge on any atom is 0.162 e. The van der Waals surface area contributed by atoms with Gasteiger partial charge in [-0.2, -0.15) is 0 Å². The molecule has 16 heavy (non-hydrogen) atoms. The van der Waals surface area contributed by atoms with Gasteiger partial charge < -0.3 is 4.74 Å². The van der Waals surface area contributed by atoms with Gasteiger partial charge in [0.25, 0.3) is 0 Å². The maximum atomic E-state index is 13.2. The molecule has 0 spiro atoms. The van der Waals surface area contributed by atoms with Crippen LogP contribution in [-0.4, -0.2) is 19.0 Å². The number of ketones is 1. The average Bonchev–Trinajstić information content (AvgIpc) is 2.28. The fraction of sp³-hybridized carbons (Fsp3) is 0.308. The highest BCUT2D eigenvalue weighted by molar-refractivity contribution is 5.82. The van der Waals surface area contributed by atoms with Gasteiger partial charge in [0, 0.05) is 6.42 Å². The topological polar surface area (TPSA) is 26.3 Å². The first-order valence-electron chi connectivity index (χ1n) is 5.18. The van der Waals surface area contributed by atoms with Crippen molar-refractivity contribution in [1.82, 2.24) is 0 Å². The number of halogens is 1. The zero-order valence-electron chi connectivity index (χ0n) is 9.28. The Kier molecular flexibility index (Phi) is 5.43. The number of carbonyl (C=O) groups excluding carboxylic acids is 1. The smallest absolute Gasteiger partial charge is 0.162 e. The predicted octanol–water partition coefficient (Wildman–Crippen LogP) is 2.53. The third kappa shape index (κ3) is 4.36. The molecule has 0 saturated carbocycles. The van der Waals surface area contributed by atoms with Crippen molar-refractivity contribution in [1.29, 1.82) is 0 Å². The Morgan fingerprint density at radius 1 is 1.44 bits per heavy atom. The fourth-order valence-electron chi connectivity index (χ4n) is 1.24. The van der Waals surface area contributed by atoms with Gasteiger partial charge in [-0.15, -0.1) is 0 Å². The molecule has 0 saturated heterocycles. The minimum atomic E-state index is -0.343. The molecule has 0 fully saturated rings. The summed E-state index contributed by atoms with van der Waals surface area (Å²) in [5.74, 6) is -0.459. The van der Waals surface area contributed by atoms with E-state index >= 15 is 0 Å². The zero-order valence-corrected chi connectivity index (χ0v) is 9.28. The van der Waals surface area contributed by atoms with Gasteiger partial charge in [-0.05, 0) is 18.6 Å². The number of hydrogen-bond donors (Lipinski definition) is 0. The van der Waals surface area contributed by atoms with E-state index in [0.29, 0.717) is 12.2 Å². The lowest BCUT2D eigenvalue weighted by Gasteiger charge is -2.02. The Balaban J connectivity index is 2.37. The monoisotopic (exact) mass is 222 g/mol. The van der Waals surface area contributed by atoms with Crippen LogP contribution in [0.25, 0.3) is 0 Å². The second-order valence-corrected chi connectivity index (χ2v) is 3.39. The van der Waals surface area contributed by atoms with Crippen molar-refractivity contribution in [2.75, 3.05) is 13.2 Å². The molecule has 0 radical (unpaired) electrons. The van der Waals surface area contributed by atoms with Crippen LogP contribution in [0.15, 0.2) is 36.4 Å². The summed E-state index contributed by atoms with van der Waals surface area (Å²) in [4.78, 5) is 11.4. The van der Waals surface area contributed by atoms with Crippen LogP contribution in [0.3, 0.4) is 0 Å². The number of benzene rings is 1. The van der Waals surface area contributed by atoms with Crippen LogP contribution in [0.5, 0.6) is 0 Å². The molecule has 2 nitrogen and oxygen atoms in total. The Bertz CT molecular complexity index is 372. The molecule has 0 aliphatic rings. The second-order valence-electron chi connectivity index (χ2n) is 3.39. The number of hydrogen-bond acceptors (Lipinski definition) is 2. The summed E-state index contributed by atoms with van der Waals surface area (Å²) < 4.78 is 18.3. The highest BCUT2D eigenvalue weighted by Crippen LogP contribution is 2.07. The number of carbonyl (C=O) groups is 1. The summed E-state index contributed by atoms with van der Waals surface area (Å²) >= 11 is 0. The van der Waals surface area contributed by atoms with E-state index in [1.165, 1.54) is 6.07 Å². The van der Waals surface area contributed by atoms with E-state index in [1.54, 1.807) is 18.2 Å². The third-order valence-electron chi connectivity index (χ3n) is 2.06. The van der Waals surface area contributed by atoms with E-state index < -0.39 is 0 Å². The molecule has 0 aromatic heterocycles. The summed E-state index contributed by atoms with van der Waals surface area (Å²) in [6, 6.07) is 6.28. The number of rotatable bonds is 6. The van der Waals surface area contributed by atoms with Gasteiger partial charge in [0.1, 0.15) is 12.4 Å². The van der Waals surface area contributed by atoms with Crippen molar-refractivity contribution >= 4 is 5.78 Å².